The number of nitrogen functional groups attached to an aromatic ring is 1. The molecule has 0 fully saturated rings. The Labute approximate surface area is 114 Å². The van der Waals surface area contributed by atoms with E-state index < -0.39 is 0 Å². The first-order chi connectivity index (χ1) is 9.22. The number of hydrogen-bond acceptors (Lipinski definition) is 4. The van der Waals surface area contributed by atoms with Gasteiger partial charge >= 0.3 is 0 Å². The highest BCUT2D eigenvalue weighted by molar-refractivity contribution is 5.71. The van der Waals surface area contributed by atoms with E-state index in [1.54, 1.807) is 0 Å². The third-order valence-electron chi connectivity index (χ3n) is 3.72. The van der Waals surface area contributed by atoms with Crippen LogP contribution < -0.4 is 11.1 Å². The minimum atomic E-state index is 0.495. The third kappa shape index (κ3) is 2.56. The Morgan fingerprint density at radius 2 is 2.21 bits per heavy atom. The topological polar surface area (TPSA) is 68.2 Å². The van der Waals surface area contributed by atoms with Crippen LogP contribution in [-0.4, -0.2) is 28.2 Å². The van der Waals surface area contributed by atoms with Crippen LogP contribution >= 0.6 is 0 Å². The molecule has 3 N–H and O–H groups in total. The molecule has 104 valence electrons. The Hall–Kier alpha value is -1.62. The lowest BCUT2D eigenvalue weighted by Gasteiger charge is -2.14. The molecular formula is C14H23N5. The number of nitrogens with two attached hydrogens (primary N) is 1. The Balaban J connectivity index is 2.50. The summed E-state index contributed by atoms with van der Waals surface area (Å²) in [7, 11) is 1.99. The fourth-order valence-electron chi connectivity index (χ4n) is 2.61. The van der Waals surface area contributed by atoms with Crippen molar-refractivity contribution < 1.29 is 0 Å². The van der Waals surface area contributed by atoms with Crippen LogP contribution in [0.15, 0.2) is 12.4 Å². The molecule has 5 heteroatoms. The first-order valence-electron chi connectivity index (χ1n) is 6.98. The van der Waals surface area contributed by atoms with Gasteiger partial charge in [0.15, 0.2) is 5.82 Å². The largest absolute Gasteiger partial charge is 0.382 e. The van der Waals surface area contributed by atoms with Crippen LogP contribution in [0, 0.1) is 0 Å². The quantitative estimate of drug-likeness (QED) is 0.834. The summed E-state index contributed by atoms with van der Waals surface area (Å²) in [5.41, 5.74) is 9.46. The Bertz CT molecular complexity index is 546. The van der Waals surface area contributed by atoms with Crippen molar-refractivity contribution in [3.63, 3.8) is 0 Å². The highest BCUT2D eigenvalue weighted by Gasteiger charge is 2.18. The summed E-state index contributed by atoms with van der Waals surface area (Å²) in [5.74, 6) is 1.07. The second kappa shape index (κ2) is 6.02. The van der Waals surface area contributed by atoms with Crippen molar-refractivity contribution in [3.05, 3.63) is 23.7 Å². The maximum absolute atomic E-state index is 6.00. The highest BCUT2D eigenvalue weighted by Crippen LogP contribution is 2.29. The van der Waals surface area contributed by atoms with Gasteiger partial charge in [-0.25, -0.2) is 9.50 Å². The van der Waals surface area contributed by atoms with Crippen molar-refractivity contribution in [2.45, 2.75) is 39.0 Å². The summed E-state index contributed by atoms with van der Waals surface area (Å²) >= 11 is 0. The zero-order valence-electron chi connectivity index (χ0n) is 12.0. The first-order valence-corrected chi connectivity index (χ1v) is 6.98. The van der Waals surface area contributed by atoms with E-state index in [1.165, 1.54) is 17.6 Å². The molecule has 0 aliphatic heterocycles. The van der Waals surface area contributed by atoms with Gasteiger partial charge in [0.2, 0.25) is 0 Å². The number of hydrogen-bond donors (Lipinski definition) is 2. The number of aryl methyl sites for hydroxylation is 1. The lowest BCUT2D eigenvalue weighted by atomic mass is 9.98. The van der Waals surface area contributed by atoms with Gasteiger partial charge in [-0.3, -0.25) is 0 Å². The molecule has 2 aromatic rings. The van der Waals surface area contributed by atoms with Gasteiger partial charge in [-0.05, 0) is 44.5 Å². The predicted octanol–water partition coefficient (Wildman–Crippen LogP) is 1.98. The molecule has 2 aromatic heterocycles. The zero-order chi connectivity index (χ0) is 13.8. The summed E-state index contributed by atoms with van der Waals surface area (Å²) in [6.07, 6.45) is 4.69. The van der Waals surface area contributed by atoms with Gasteiger partial charge in [0, 0.05) is 11.6 Å². The molecule has 19 heavy (non-hydrogen) atoms. The molecule has 0 amide bonds. The highest BCUT2D eigenvalue weighted by atomic mass is 15.3. The van der Waals surface area contributed by atoms with E-state index in [0.29, 0.717) is 11.7 Å². The molecule has 0 aliphatic carbocycles. The Kier molecular flexibility index (Phi) is 4.37. The molecule has 1 unspecified atom stereocenters. The minimum absolute atomic E-state index is 0.495. The van der Waals surface area contributed by atoms with E-state index in [9.17, 15) is 0 Å². The maximum atomic E-state index is 6.00. The van der Waals surface area contributed by atoms with Gasteiger partial charge in [0.1, 0.15) is 11.8 Å². The summed E-state index contributed by atoms with van der Waals surface area (Å²) < 4.78 is 1.98. The van der Waals surface area contributed by atoms with Gasteiger partial charge in [0.05, 0.1) is 0 Å². The second-order valence-corrected chi connectivity index (χ2v) is 4.85. The number of nitrogens with one attached hydrogen (secondary N) is 1. The van der Waals surface area contributed by atoms with Crippen molar-refractivity contribution in [2.75, 3.05) is 19.3 Å². The van der Waals surface area contributed by atoms with Crippen molar-refractivity contribution in [3.8, 4) is 0 Å². The predicted molar refractivity (Wildman–Crippen MR) is 78.4 cm³/mol. The monoisotopic (exact) mass is 261 g/mol. The van der Waals surface area contributed by atoms with Gasteiger partial charge < -0.3 is 11.1 Å². The van der Waals surface area contributed by atoms with Crippen molar-refractivity contribution in [1.29, 1.82) is 0 Å². The fourth-order valence-corrected chi connectivity index (χ4v) is 2.61. The maximum Gasteiger partial charge on any atom is 0.151 e. The van der Waals surface area contributed by atoms with Crippen LogP contribution in [0.4, 0.5) is 5.82 Å². The van der Waals surface area contributed by atoms with Gasteiger partial charge in [0.25, 0.3) is 0 Å². The molecule has 0 saturated heterocycles. The SMILES string of the molecule is CCc1cc(C(CC)CCNC)n2ncnc(N)c12. The van der Waals surface area contributed by atoms with Crippen molar-refractivity contribution in [1.82, 2.24) is 19.9 Å². The number of nitrogens with zero attached hydrogens (tertiary/aromatic N) is 3. The van der Waals surface area contributed by atoms with E-state index in [0.717, 1.165) is 31.3 Å². The van der Waals surface area contributed by atoms with E-state index in [4.69, 9.17) is 5.73 Å². The molecule has 1 atom stereocenters. The Morgan fingerprint density at radius 3 is 2.84 bits per heavy atom. The molecule has 2 rings (SSSR count). The minimum Gasteiger partial charge on any atom is -0.382 e. The van der Waals surface area contributed by atoms with Crippen LogP contribution in [0.5, 0.6) is 0 Å². The van der Waals surface area contributed by atoms with E-state index >= 15 is 0 Å². The standard InChI is InChI=1S/C14H23N5/c1-4-10(6-7-16-3)12-8-11(5-2)13-14(15)17-9-18-19(12)13/h8-10,16H,4-7H2,1-3H3,(H2,15,17,18). The fraction of sp³-hybridized carbons (Fsp3) is 0.571. The van der Waals surface area contributed by atoms with Crippen LogP contribution in [0.25, 0.3) is 5.52 Å². The summed E-state index contributed by atoms with van der Waals surface area (Å²) in [6, 6.07) is 2.24. The number of anilines is 1. The van der Waals surface area contributed by atoms with Gasteiger partial charge in [-0.1, -0.05) is 13.8 Å². The zero-order valence-corrected chi connectivity index (χ0v) is 12.0. The molecule has 0 aliphatic rings. The van der Waals surface area contributed by atoms with Crippen LogP contribution in [-0.2, 0) is 6.42 Å². The molecule has 0 aromatic carbocycles. The Morgan fingerprint density at radius 1 is 1.42 bits per heavy atom. The lowest BCUT2D eigenvalue weighted by molar-refractivity contribution is 0.556. The average molecular weight is 261 g/mol. The number of fused-ring (bicyclic) bond motifs is 1. The molecule has 0 radical (unpaired) electrons. The first kappa shape index (κ1) is 13.8. The van der Waals surface area contributed by atoms with Crippen LogP contribution in [0.2, 0.25) is 0 Å². The molecule has 2 heterocycles. The lowest BCUT2D eigenvalue weighted by Crippen LogP contribution is -2.13. The molecular weight excluding hydrogens is 238 g/mol. The molecule has 5 nitrogen and oxygen atoms in total. The van der Waals surface area contributed by atoms with Gasteiger partial charge in [-0.2, -0.15) is 5.10 Å². The molecule has 0 saturated carbocycles. The third-order valence-corrected chi connectivity index (χ3v) is 3.72. The smallest absolute Gasteiger partial charge is 0.151 e. The van der Waals surface area contributed by atoms with E-state index in [2.05, 4.69) is 35.3 Å². The summed E-state index contributed by atoms with van der Waals surface area (Å²) in [4.78, 5) is 4.11. The number of aromatic nitrogens is 3. The van der Waals surface area contributed by atoms with Crippen molar-refractivity contribution >= 4 is 11.3 Å². The molecule has 0 spiro atoms. The van der Waals surface area contributed by atoms with Gasteiger partial charge in [-0.15, -0.1) is 0 Å². The normalized spacial score (nSPS) is 13.0. The molecule has 0 bridgehead atoms. The summed E-state index contributed by atoms with van der Waals surface area (Å²) in [5, 5.41) is 7.61. The number of rotatable bonds is 6. The van der Waals surface area contributed by atoms with E-state index in [-0.39, 0.29) is 0 Å². The van der Waals surface area contributed by atoms with E-state index in [1.807, 2.05) is 11.6 Å². The van der Waals surface area contributed by atoms with Crippen LogP contribution in [0.1, 0.15) is 43.9 Å². The average Bonchev–Trinajstić information content (AvgIpc) is 2.80. The van der Waals surface area contributed by atoms with Crippen LogP contribution in [0.3, 0.4) is 0 Å². The summed E-state index contributed by atoms with van der Waals surface area (Å²) in [6.45, 7) is 5.36. The van der Waals surface area contributed by atoms with Crippen molar-refractivity contribution in [2.24, 2.45) is 0 Å². The second-order valence-electron chi connectivity index (χ2n) is 4.85.